The van der Waals surface area contributed by atoms with Crippen LogP contribution in [0.3, 0.4) is 0 Å². The minimum absolute atomic E-state index is 0.136. The van der Waals surface area contributed by atoms with Crippen molar-refractivity contribution in [3.63, 3.8) is 0 Å². The molecule has 1 fully saturated rings. The molecule has 1 aliphatic heterocycles. The van der Waals surface area contributed by atoms with Gasteiger partial charge >= 0.3 is 5.97 Å². The molecule has 1 saturated heterocycles. The monoisotopic (exact) mass is 428 g/mol. The van der Waals surface area contributed by atoms with Gasteiger partial charge in [-0.15, -0.1) is 0 Å². The SMILES string of the molecule is Cc1c(N=C2S/C(=C\c3ccc(-c4ccccc4)cc3)C(=O)N2C)cccc1C(=O)O. The Labute approximate surface area is 184 Å². The van der Waals surface area contributed by atoms with E-state index >= 15 is 0 Å². The van der Waals surface area contributed by atoms with Crippen LogP contribution in [0.15, 0.2) is 82.7 Å². The molecule has 0 saturated carbocycles. The number of aromatic carboxylic acids is 1. The number of rotatable bonds is 4. The summed E-state index contributed by atoms with van der Waals surface area (Å²) < 4.78 is 0. The largest absolute Gasteiger partial charge is 0.478 e. The molecule has 3 aromatic carbocycles. The predicted molar refractivity (Wildman–Crippen MR) is 125 cm³/mol. The molecule has 0 aromatic heterocycles. The molecular formula is C25H20N2O3S. The van der Waals surface area contributed by atoms with E-state index in [9.17, 15) is 14.7 Å². The number of thioether (sulfide) groups is 1. The van der Waals surface area contributed by atoms with E-state index in [1.807, 2.05) is 48.5 Å². The second kappa shape index (κ2) is 8.62. The van der Waals surface area contributed by atoms with Crippen LogP contribution in [0, 0.1) is 6.92 Å². The van der Waals surface area contributed by atoms with Gasteiger partial charge in [0, 0.05) is 7.05 Å². The number of aliphatic imine (C=N–C) groups is 1. The molecule has 1 aliphatic rings. The van der Waals surface area contributed by atoms with Crippen LogP contribution in [0.1, 0.15) is 21.5 Å². The van der Waals surface area contributed by atoms with E-state index in [0.29, 0.717) is 21.3 Å². The molecule has 0 aliphatic carbocycles. The Morgan fingerprint density at radius 1 is 0.968 bits per heavy atom. The van der Waals surface area contributed by atoms with E-state index in [-0.39, 0.29) is 11.5 Å². The Morgan fingerprint density at radius 2 is 1.65 bits per heavy atom. The lowest BCUT2D eigenvalue weighted by Crippen LogP contribution is -2.23. The topological polar surface area (TPSA) is 70.0 Å². The molecule has 154 valence electrons. The molecule has 1 heterocycles. The number of carboxylic acid groups (broad SMARTS) is 1. The second-order valence-corrected chi connectivity index (χ2v) is 8.12. The van der Waals surface area contributed by atoms with E-state index < -0.39 is 5.97 Å². The van der Waals surface area contributed by atoms with Crippen molar-refractivity contribution in [1.29, 1.82) is 0 Å². The van der Waals surface area contributed by atoms with E-state index in [1.54, 1.807) is 32.2 Å². The summed E-state index contributed by atoms with van der Waals surface area (Å²) in [6, 6.07) is 23.1. The third-order valence-corrected chi connectivity index (χ3v) is 6.13. The van der Waals surface area contributed by atoms with Crippen molar-refractivity contribution >= 4 is 40.6 Å². The molecule has 6 heteroatoms. The molecule has 3 aromatic rings. The smallest absolute Gasteiger partial charge is 0.336 e. The summed E-state index contributed by atoms with van der Waals surface area (Å²) in [5, 5.41) is 9.83. The number of amidine groups is 1. The minimum atomic E-state index is -0.998. The van der Waals surface area contributed by atoms with Crippen LogP contribution in [-0.4, -0.2) is 34.1 Å². The van der Waals surface area contributed by atoms with Gasteiger partial charge in [-0.1, -0.05) is 60.7 Å². The number of likely N-dealkylation sites (N-methyl/N-ethyl adjacent to an activating group) is 1. The van der Waals surface area contributed by atoms with Gasteiger partial charge in [-0.05, 0) is 59.1 Å². The number of hydrogen-bond donors (Lipinski definition) is 1. The summed E-state index contributed by atoms with van der Waals surface area (Å²) in [4.78, 5) is 30.7. The van der Waals surface area contributed by atoms with Crippen LogP contribution in [0.5, 0.6) is 0 Å². The molecule has 0 spiro atoms. The quantitative estimate of drug-likeness (QED) is 0.550. The molecule has 31 heavy (non-hydrogen) atoms. The lowest BCUT2D eigenvalue weighted by atomic mass is 10.0. The number of carboxylic acids is 1. The summed E-state index contributed by atoms with van der Waals surface area (Å²) in [5.74, 6) is -1.13. The van der Waals surface area contributed by atoms with Crippen LogP contribution in [-0.2, 0) is 4.79 Å². The van der Waals surface area contributed by atoms with Crippen LogP contribution < -0.4 is 0 Å². The summed E-state index contributed by atoms with van der Waals surface area (Å²) in [7, 11) is 1.67. The van der Waals surface area contributed by atoms with Gasteiger partial charge in [0.2, 0.25) is 0 Å². The van der Waals surface area contributed by atoms with Crippen LogP contribution in [0.2, 0.25) is 0 Å². The zero-order valence-corrected chi connectivity index (χ0v) is 17.9. The van der Waals surface area contributed by atoms with Gasteiger partial charge in [-0.3, -0.25) is 9.69 Å². The summed E-state index contributed by atoms with van der Waals surface area (Å²) in [5.41, 5.74) is 4.48. The molecule has 5 nitrogen and oxygen atoms in total. The highest BCUT2D eigenvalue weighted by Crippen LogP contribution is 2.34. The van der Waals surface area contributed by atoms with E-state index in [1.165, 1.54) is 16.7 Å². The van der Waals surface area contributed by atoms with Crippen molar-refractivity contribution in [3.05, 3.63) is 94.4 Å². The normalized spacial score (nSPS) is 16.3. The Hall–Kier alpha value is -3.64. The molecule has 0 radical (unpaired) electrons. The maximum absolute atomic E-state index is 12.7. The van der Waals surface area contributed by atoms with E-state index in [2.05, 4.69) is 17.1 Å². The molecule has 1 N–H and O–H groups in total. The van der Waals surface area contributed by atoms with Gasteiger partial charge in [0.1, 0.15) is 0 Å². The first-order valence-electron chi connectivity index (χ1n) is 9.69. The fraction of sp³-hybridized carbons (Fsp3) is 0.0800. The Kier molecular flexibility index (Phi) is 5.73. The zero-order valence-electron chi connectivity index (χ0n) is 17.1. The van der Waals surface area contributed by atoms with Gasteiger partial charge in [0.25, 0.3) is 5.91 Å². The van der Waals surface area contributed by atoms with Gasteiger partial charge in [0.15, 0.2) is 5.17 Å². The number of hydrogen-bond acceptors (Lipinski definition) is 4. The van der Waals surface area contributed by atoms with Gasteiger partial charge in [0.05, 0.1) is 16.2 Å². The zero-order chi connectivity index (χ0) is 22.0. The third-order valence-electron chi connectivity index (χ3n) is 5.07. The molecular weight excluding hydrogens is 408 g/mol. The van der Waals surface area contributed by atoms with Gasteiger partial charge in [-0.2, -0.15) is 0 Å². The molecule has 0 bridgehead atoms. The summed E-state index contributed by atoms with van der Waals surface area (Å²) in [6.45, 7) is 1.72. The fourth-order valence-electron chi connectivity index (χ4n) is 3.28. The predicted octanol–water partition coefficient (Wildman–Crippen LogP) is 5.59. The fourth-order valence-corrected chi connectivity index (χ4v) is 4.26. The van der Waals surface area contributed by atoms with Crippen molar-refractivity contribution in [2.24, 2.45) is 4.99 Å². The Bertz CT molecular complexity index is 1220. The molecule has 4 rings (SSSR count). The summed E-state index contributed by atoms with van der Waals surface area (Å²) in [6.07, 6.45) is 1.85. The van der Waals surface area contributed by atoms with E-state index in [4.69, 9.17) is 0 Å². The summed E-state index contributed by atoms with van der Waals surface area (Å²) >= 11 is 1.28. The maximum Gasteiger partial charge on any atom is 0.336 e. The molecule has 1 amide bonds. The van der Waals surface area contributed by atoms with Gasteiger partial charge < -0.3 is 5.11 Å². The van der Waals surface area contributed by atoms with Crippen molar-refractivity contribution in [3.8, 4) is 11.1 Å². The number of benzene rings is 3. The van der Waals surface area contributed by atoms with Crippen molar-refractivity contribution in [1.82, 2.24) is 4.90 Å². The van der Waals surface area contributed by atoms with Crippen molar-refractivity contribution < 1.29 is 14.7 Å². The van der Waals surface area contributed by atoms with Crippen LogP contribution >= 0.6 is 11.8 Å². The Morgan fingerprint density at radius 3 is 2.32 bits per heavy atom. The minimum Gasteiger partial charge on any atom is -0.478 e. The lowest BCUT2D eigenvalue weighted by molar-refractivity contribution is -0.121. The van der Waals surface area contributed by atoms with Crippen molar-refractivity contribution in [2.45, 2.75) is 6.92 Å². The highest BCUT2D eigenvalue weighted by Gasteiger charge is 2.30. The average molecular weight is 429 g/mol. The lowest BCUT2D eigenvalue weighted by Gasteiger charge is -2.09. The van der Waals surface area contributed by atoms with Gasteiger partial charge in [-0.25, -0.2) is 9.79 Å². The standard InChI is InChI=1S/C25H20N2O3S/c1-16-20(24(29)30)9-6-10-21(16)26-25-27(2)23(28)22(31-25)15-17-11-13-19(14-12-17)18-7-4-3-5-8-18/h3-15H,1-2H3,(H,29,30)/b22-15-,26-25?. The molecule has 0 atom stereocenters. The third kappa shape index (κ3) is 4.29. The Balaban J connectivity index is 1.60. The second-order valence-electron chi connectivity index (χ2n) is 7.11. The first-order chi connectivity index (χ1) is 14.9. The number of amides is 1. The number of carbonyl (C=O) groups is 2. The highest BCUT2D eigenvalue weighted by molar-refractivity contribution is 8.18. The highest BCUT2D eigenvalue weighted by atomic mass is 32.2. The average Bonchev–Trinajstić information content (AvgIpc) is 3.04. The number of carbonyl (C=O) groups excluding carboxylic acids is 1. The van der Waals surface area contributed by atoms with E-state index in [0.717, 1.165) is 16.7 Å². The maximum atomic E-state index is 12.7. The first kappa shape index (κ1) is 20.6. The van der Waals surface area contributed by atoms with Crippen molar-refractivity contribution in [2.75, 3.05) is 7.05 Å². The molecule has 0 unspecified atom stereocenters. The van der Waals surface area contributed by atoms with Crippen LogP contribution in [0.25, 0.3) is 17.2 Å². The first-order valence-corrected chi connectivity index (χ1v) is 10.5. The van der Waals surface area contributed by atoms with Crippen LogP contribution in [0.4, 0.5) is 5.69 Å². The number of nitrogens with zero attached hydrogens (tertiary/aromatic N) is 2.